The second-order valence-corrected chi connectivity index (χ2v) is 4.76. The summed E-state index contributed by atoms with van der Waals surface area (Å²) in [5.74, 6) is 0.893. The highest BCUT2D eigenvalue weighted by atomic mass is 16.1. The minimum absolute atomic E-state index is 0.439. The van der Waals surface area contributed by atoms with Crippen molar-refractivity contribution < 1.29 is 4.79 Å². The smallest absolute Gasteiger partial charge is 0.248 e. The average Bonchev–Trinajstić information content (AvgIpc) is 2.82. The van der Waals surface area contributed by atoms with Gasteiger partial charge in [-0.15, -0.1) is 0 Å². The molecule has 0 saturated carbocycles. The summed E-state index contributed by atoms with van der Waals surface area (Å²) in [6.45, 7) is 3.79. The molecule has 21 heavy (non-hydrogen) atoms. The van der Waals surface area contributed by atoms with Gasteiger partial charge in [-0.3, -0.25) is 4.79 Å². The van der Waals surface area contributed by atoms with E-state index in [-0.39, 0.29) is 0 Å². The number of carbonyl (C=O) groups excluding carboxylic acids is 1. The van der Waals surface area contributed by atoms with Gasteiger partial charge < -0.3 is 16.0 Å². The largest absolute Gasteiger partial charge is 0.366 e. The van der Waals surface area contributed by atoms with E-state index in [9.17, 15) is 4.79 Å². The molecule has 2 heterocycles. The zero-order valence-corrected chi connectivity index (χ0v) is 11.6. The molecule has 2 aromatic heterocycles. The first-order chi connectivity index (χ1) is 10.0. The molecule has 0 aliphatic rings. The number of aromatic nitrogens is 4. The summed E-state index contributed by atoms with van der Waals surface area (Å²) < 4.78 is 0. The summed E-state index contributed by atoms with van der Waals surface area (Å²) in [4.78, 5) is 27.0. The molecule has 0 bridgehead atoms. The SMILES string of the molecule is Cc1nc2ncnc(Nc3cc(C(N)=O)ccc3C)c2[nH]1. The molecule has 0 unspecified atom stereocenters. The molecule has 7 heteroatoms. The van der Waals surface area contributed by atoms with Crippen LogP contribution in [-0.2, 0) is 0 Å². The number of nitrogens with zero attached hydrogens (tertiary/aromatic N) is 3. The van der Waals surface area contributed by atoms with E-state index in [4.69, 9.17) is 5.73 Å². The van der Waals surface area contributed by atoms with Crippen LogP contribution in [0.5, 0.6) is 0 Å². The van der Waals surface area contributed by atoms with Gasteiger partial charge in [0, 0.05) is 11.3 Å². The number of hydrogen-bond donors (Lipinski definition) is 3. The number of imidazole rings is 1. The summed E-state index contributed by atoms with van der Waals surface area (Å²) >= 11 is 0. The Balaban J connectivity index is 2.06. The number of aromatic amines is 1. The fraction of sp³-hybridized carbons (Fsp3) is 0.143. The minimum atomic E-state index is -0.469. The molecule has 3 rings (SSSR count). The maximum Gasteiger partial charge on any atom is 0.248 e. The van der Waals surface area contributed by atoms with E-state index in [2.05, 4.69) is 25.3 Å². The quantitative estimate of drug-likeness (QED) is 0.678. The molecule has 0 saturated heterocycles. The normalized spacial score (nSPS) is 10.8. The van der Waals surface area contributed by atoms with E-state index in [0.29, 0.717) is 17.0 Å². The number of amides is 1. The van der Waals surface area contributed by atoms with Crippen LogP contribution in [-0.4, -0.2) is 25.8 Å². The molecule has 0 radical (unpaired) electrons. The summed E-state index contributed by atoms with van der Waals surface area (Å²) in [6, 6.07) is 5.23. The third-order valence-electron chi connectivity index (χ3n) is 3.18. The highest BCUT2D eigenvalue weighted by Crippen LogP contribution is 2.24. The van der Waals surface area contributed by atoms with E-state index < -0.39 is 5.91 Å². The molecular formula is C14H14N6O. The number of nitrogens with one attached hydrogen (secondary N) is 2. The van der Waals surface area contributed by atoms with Gasteiger partial charge in [0.2, 0.25) is 5.91 Å². The van der Waals surface area contributed by atoms with Gasteiger partial charge in [-0.1, -0.05) is 6.07 Å². The number of hydrogen-bond acceptors (Lipinski definition) is 5. The van der Waals surface area contributed by atoms with Gasteiger partial charge in [-0.2, -0.15) is 0 Å². The molecule has 106 valence electrons. The van der Waals surface area contributed by atoms with Crippen molar-refractivity contribution in [3.8, 4) is 0 Å². The third-order valence-corrected chi connectivity index (χ3v) is 3.18. The predicted octanol–water partition coefficient (Wildman–Crippen LogP) is 1.81. The van der Waals surface area contributed by atoms with Crippen LogP contribution >= 0.6 is 0 Å². The van der Waals surface area contributed by atoms with Crippen molar-refractivity contribution in [2.45, 2.75) is 13.8 Å². The van der Waals surface area contributed by atoms with Crippen molar-refractivity contribution in [3.63, 3.8) is 0 Å². The van der Waals surface area contributed by atoms with Crippen LogP contribution in [0.2, 0.25) is 0 Å². The maximum atomic E-state index is 11.3. The second kappa shape index (κ2) is 4.86. The van der Waals surface area contributed by atoms with Gasteiger partial charge >= 0.3 is 0 Å². The Kier molecular flexibility index (Phi) is 3.02. The molecule has 7 nitrogen and oxygen atoms in total. The Labute approximate surface area is 120 Å². The number of aryl methyl sites for hydroxylation is 2. The monoisotopic (exact) mass is 282 g/mol. The Morgan fingerprint density at radius 2 is 2.10 bits per heavy atom. The molecule has 3 aromatic rings. The Morgan fingerprint density at radius 3 is 2.86 bits per heavy atom. The predicted molar refractivity (Wildman–Crippen MR) is 79.4 cm³/mol. The number of nitrogens with two attached hydrogens (primary N) is 1. The summed E-state index contributed by atoms with van der Waals surface area (Å²) in [5.41, 5.74) is 8.80. The van der Waals surface area contributed by atoms with E-state index in [1.807, 2.05) is 19.9 Å². The molecular weight excluding hydrogens is 268 g/mol. The number of anilines is 2. The van der Waals surface area contributed by atoms with Gasteiger partial charge in [0.15, 0.2) is 11.5 Å². The molecule has 4 N–H and O–H groups in total. The maximum absolute atomic E-state index is 11.3. The minimum Gasteiger partial charge on any atom is -0.366 e. The van der Waals surface area contributed by atoms with Crippen molar-refractivity contribution >= 4 is 28.6 Å². The number of primary amides is 1. The fourth-order valence-electron chi connectivity index (χ4n) is 2.08. The van der Waals surface area contributed by atoms with Crippen molar-refractivity contribution in [1.29, 1.82) is 0 Å². The Hall–Kier alpha value is -2.96. The number of rotatable bonds is 3. The lowest BCUT2D eigenvalue weighted by Crippen LogP contribution is -2.11. The fourth-order valence-corrected chi connectivity index (χ4v) is 2.08. The van der Waals surface area contributed by atoms with Gasteiger partial charge in [-0.05, 0) is 31.5 Å². The number of benzene rings is 1. The van der Waals surface area contributed by atoms with Crippen molar-refractivity contribution in [1.82, 2.24) is 19.9 Å². The van der Waals surface area contributed by atoms with E-state index in [0.717, 1.165) is 22.6 Å². The summed E-state index contributed by atoms with van der Waals surface area (Å²) in [7, 11) is 0. The second-order valence-electron chi connectivity index (χ2n) is 4.76. The third kappa shape index (κ3) is 2.40. The zero-order chi connectivity index (χ0) is 15.0. The molecule has 0 aliphatic carbocycles. The van der Waals surface area contributed by atoms with Crippen LogP contribution in [0, 0.1) is 13.8 Å². The topological polar surface area (TPSA) is 110 Å². The molecule has 0 aliphatic heterocycles. The number of carbonyl (C=O) groups is 1. The van der Waals surface area contributed by atoms with Gasteiger partial charge in [-0.25, -0.2) is 15.0 Å². The summed E-state index contributed by atoms with van der Waals surface area (Å²) in [6.07, 6.45) is 1.44. The van der Waals surface area contributed by atoms with Gasteiger partial charge in [0.25, 0.3) is 0 Å². The van der Waals surface area contributed by atoms with Crippen molar-refractivity contribution in [2.75, 3.05) is 5.32 Å². The Bertz CT molecular complexity index is 839. The van der Waals surface area contributed by atoms with Crippen LogP contribution < -0.4 is 11.1 Å². The first-order valence-corrected chi connectivity index (χ1v) is 6.39. The van der Waals surface area contributed by atoms with E-state index >= 15 is 0 Å². The molecule has 1 aromatic carbocycles. The number of H-pyrrole nitrogens is 1. The highest BCUT2D eigenvalue weighted by Gasteiger charge is 2.10. The lowest BCUT2D eigenvalue weighted by molar-refractivity contribution is 0.100. The Morgan fingerprint density at radius 1 is 1.29 bits per heavy atom. The first kappa shape index (κ1) is 13.0. The number of fused-ring (bicyclic) bond motifs is 1. The molecule has 0 atom stereocenters. The van der Waals surface area contributed by atoms with Crippen molar-refractivity contribution in [3.05, 3.63) is 41.5 Å². The lowest BCUT2D eigenvalue weighted by atomic mass is 10.1. The lowest BCUT2D eigenvalue weighted by Gasteiger charge is -2.10. The highest BCUT2D eigenvalue weighted by molar-refractivity contribution is 5.94. The van der Waals surface area contributed by atoms with E-state index in [1.54, 1.807) is 12.1 Å². The summed E-state index contributed by atoms with van der Waals surface area (Å²) in [5, 5.41) is 3.19. The van der Waals surface area contributed by atoms with Crippen molar-refractivity contribution in [2.24, 2.45) is 5.73 Å². The zero-order valence-electron chi connectivity index (χ0n) is 11.6. The standard InChI is InChI=1S/C14H14N6O/c1-7-3-4-9(12(15)21)5-10(7)20-14-11-13(16-6-17-14)19-8(2)18-11/h3-6H,1-2H3,(H2,15,21)(H2,16,17,18,19,20). The van der Waals surface area contributed by atoms with Crippen LogP contribution in [0.15, 0.2) is 24.5 Å². The van der Waals surface area contributed by atoms with Crippen LogP contribution in [0.4, 0.5) is 11.5 Å². The van der Waals surface area contributed by atoms with Crippen LogP contribution in [0.1, 0.15) is 21.7 Å². The van der Waals surface area contributed by atoms with Gasteiger partial charge in [0.1, 0.15) is 17.7 Å². The van der Waals surface area contributed by atoms with Crippen LogP contribution in [0.25, 0.3) is 11.2 Å². The van der Waals surface area contributed by atoms with Gasteiger partial charge in [0.05, 0.1) is 0 Å². The average molecular weight is 282 g/mol. The first-order valence-electron chi connectivity index (χ1n) is 6.39. The van der Waals surface area contributed by atoms with E-state index in [1.165, 1.54) is 6.33 Å². The molecule has 0 spiro atoms. The molecule has 0 fully saturated rings. The van der Waals surface area contributed by atoms with Crippen LogP contribution in [0.3, 0.4) is 0 Å². The molecule has 1 amide bonds.